The first-order valence-corrected chi connectivity index (χ1v) is 4.30. The van der Waals surface area contributed by atoms with Gasteiger partial charge in [-0.05, 0) is 24.1 Å². The van der Waals surface area contributed by atoms with Crippen LogP contribution in [0.2, 0.25) is 0 Å². The number of amides is 1. The molecule has 0 saturated heterocycles. The molecular weight excluding hydrogens is 207 g/mol. The Kier molecular flexibility index (Phi) is 3.34. The molecule has 0 fully saturated rings. The van der Waals surface area contributed by atoms with Crippen molar-refractivity contribution in [3.8, 4) is 0 Å². The second-order valence-corrected chi connectivity index (χ2v) is 3.12. The lowest BCUT2D eigenvalue weighted by Gasteiger charge is -2.06. The van der Waals surface area contributed by atoms with Gasteiger partial charge in [-0.25, -0.2) is 0 Å². The average Bonchev–Trinajstić information content (AvgIpc) is 2.14. The molecule has 0 unspecified atom stereocenters. The van der Waals surface area contributed by atoms with E-state index in [2.05, 4.69) is 0 Å². The van der Waals surface area contributed by atoms with E-state index in [0.717, 1.165) is 12.1 Å². The van der Waals surface area contributed by atoms with Crippen molar-refractivity contribution in [3.63, 3.8) is 0 Å². The van der Waals surface area contributed by atoms with Crippen LogP contribution in [0.4, 0.5) is 13.2 Å². The van der Waals surface area contributed by atoms with E-state index in [9.17, 15) is 18.0 Å². The van der Waals surface area contributed by atoms with Gasteiger partial charge in [0, 0.05) is 6.42 Å². The zero-order valence-electron chi connectivity index (χ0n) is 7.77. The first-order valence-electron chi connectivity index (χ1n) is 4.30. The van der Waals surface area contributed by atoms with E-state index in [4.69, 9.17) is 5.73 Å². The van der Waals surface area contributed by atoms with Gasteiger partial charge in [0.25, 0.3) is 0 Å². The van der Waals surface area contributed by atoms with Crippen LogP contribution in [0.3, 0.4) is 0 Å². The molecule has 1 aromatic rings. The molecule has 1 amide bonds. The first kappa shape index (κ1) is 11.6. The van der Waals surface area contributed by atoms with Crippen molar-refractivity contribution < 1.29 is 18.0 Å². The fourth-order valence-electron chi connectivity index (χ4n) is 1.12. The molecule has 0 atom stereocenters. The number of halogens is 3. The molecule has 0 aliphatic heterocycles. The van der Waals surface area contributed by atoms with Crippen molar-refractivity contribution in [1.82, 2.24) is 5.73 Å². The Morgan fingerprint density at radius 2 is 1.73 bits per heavy atom. The minimum atomic E-state index is -4.33. The molecule has 0 aliphatic rings. The third kappa shape index (κ3) is 3.61. The van der Waals surface area contributed by atoms with Crippen molar-refractivity contribution in [3.05, 3.63) is 35.4 Å². The van der Waals surface area contributed by atoms with Gasteiger partial charge in [0.05, 0.1) is 5.56 Å². The van der Waals surface area contributed by atoms with E-state index in [1.165, 1.54) is 12.1 Å². The molecule has 0 saturated carbocycles. The summed E-state index contributed by atoms with van der Waals surface area (Å²) in [4.78, 5) is 10.3. The highest BCUT2D eigenvalue weighted by molar-refractivity contribution is 5.73. The zero-order chi connectivity index (χ0) is 11.5. The van der Waals surface area contributed by atoms with E-state index in [1.54, 1.807) is 0 Å². The van der Waals surface area contributed by atoms with Crippen molar-refractivity contribution in [1.29, 1.82) is 0 Å². The Labute approximate surface area is 84.9 Å². The molecule has 1 radical (unpaired) electrons. The van der Waals surface area contributed by atoms with Crippen molar-refractivity contribution in [2.75, 3.05) is 0 Å². The Morgan fingerprint density at radius 3 is 2.13 bits per heavy atom. The predicted molar refractivity (Wildman–Crippen MR) is 47.9 cm³/mol. The van der Waals surface area contributed by atoms with Crippen LogP contribution in [0.25, 0.3) is 0 Å². The lowest BCUT2D eigenvalue weighted by atomic mass is 10.1. The van der Waals surface area contributed by atoms with Gasteiger partial charge >= 0.3 is 6.18 Å². The number of rotatable bonds is 3. The van der Waals surface area contributed by atoms with E-state index in [0.29, 0.717) is 12.0 Å². The number of aryl methyl sites for hydroxylation is 1. The van der Waals surface area contributed by atoms with Crippen LogP contribution in [0.5, 0.6) is 0 Å². The minimum absolute atomic E-state index is 0.0331. The Morgan fingerprint density at radius 1 is 1.20 bits per heavy atom. The van der Waals surface area contributed by atoms with Crippen molar-refractivity contribution >= 4 is 5.91 Å². The van der Waals surface area contributed by atoms with Crippen LogP contribution < -0.4 is 5.73 Å². The summed E-state index contributed by atoms with van der Waals surface area (Å²) < 4.78 is 36.4. The number of benzene rings is 1. The van der Waals surface area contributed by atoms with Gasteiger partial charge in [-0.3, -0.25) is 10.5 Å². The number of carbonyl (C=O) groups excluding carboxylic acids is 1. The smallest absolute Gasteiger partial charge is 0.273 e. The molecule has 2 nitrogen and oxygen atoms in total. The SMILES string of the molecule is [NH]C(=O)CCc1ccc(C(F)(F)F)cc1. The Bertz CT molecular complexity index is 343. The van der Waals surface area contributed by atoms with Crippen molar-refractivity contribution in [2.45, 2.75) is 19.0 Å². The normalized spacial score (nSPS) is 11.4. The fourth-order valence-corrected chi connectivity index (χ4v) is 1.12. The molecule has 0 aromatic heterocycles. The van der Waals surface area contributed by atoms with Crippen LogP contribution in [0.15, 0.2) is 24.3 Å². The van der Waals surface area contributed by atoms with E-state index in [-0.39, 0.29) is 6.42 Å². The quantitative estimate of drug-likeness (QED) is 0.765. The first-order chi connectivity index (χ1) is 6.89. The third-order valence-corrected chi connectivity index (χ3v) is 1.92. The highest BCUT2D eigenvalue weighted by Gasteiger charge is 2.29. The zero-order valence-corrected chi connectivity index (χ0v) is 7.77. The van der Waals surface area contributed by atoms with Gasteiger partial charge in [0.15, 0.2) is 0 Å². The van der Waals surface area contributed by atoms with E-state index >= 15 is 0 Å². The van der Waals surface area contributed by atoms with Gasteiger partial charge in [-0.15, -0.1) is 0 Å². The lowest BCUT2D eigenvalue weighted by molar-refractivity contribution is -0.137. The average molecular weight is 216 g/mol. The maximum absolute atomic E-state index is 12.1. The number of carbonyl (C=O) groups is 1. The maximum atomic E-state index is 12.1. The Hall–Kier alpha value is -1.52. The van der Waals surface area contributed by atoms with Crippen LogP contribution in [-0.2, 0) is 17.4 Å². The molecule has 1 aromatic carbocycles. The fraction of sp³-hybridized carbons (Fsp3) is 0.300. The minimum Gasteiger partial charge on any atom is -0.273 e. The summed E-state index contributed by atoms with van der Waals surface area (Å²) in [5.74, 6) is -0.713. The van der Waals surface area contributed by atoms with Crippen LogP contribution in [0, 0.1) is 0 Å². The predicted octanol–water partition coefficient (Wildman–Crippen LogP) is 2.45. The highest BCUT2D eigenvalue weighted by atomic mass is 19.4. The van der Waals surface area contributed by atoms with Gasteiger partial charge in [-0.1, -0.05) is 12.1 Å². The van der Waals surface area contributed by atoms with Gasteiger partial charge in [-0.2, -0.15) is 13.2 Å². The Balaban J connectivity index is 2.69. The number of hydrogen-bond donors (Lipinski definition) is 0. The van der Waals surface area contributed by atoms with Crippen LogP contribution in [-0.4, -0.2) is 5.91 Å². The maximum Gasteiger partial charge on any atom is 0.416 e. The summed E-state index contributed by atoms with van der Waals surface area (Å²) in [7, 11) is 0. The van der Waals surface area contributed by atoms with Crippen molar-refractivity contribution in [2.24, 2.45) is 0 Å². The lowest BCUT2D eigenvalue weighted by Crippen LogP contribution is -2.05. The molecule has 0 spiro atoms. The monoisotopic (exact) mass is 216 g/mol. The molecule has 0 heterocycles. The topological polar surface area (TPSA) is 40.9 Å². The number of alkyl halides is 3. The molecule has 81 valence electrons. The van der Waals surface area contributed by atoms with Gasteiger partial charge in [0.2, 0.25) is 5.91 Å². The van der Waals surface area contributed by atoms with E-state index in [1.807, 2.05) is 0 Å². The van der Waals surface area contributed by atoms with Gasteiger partial charge in [0.1, 0.15) is 0 Å². The largest absolute Gasteiger partial charge is 0.416 e. The number of nitrogens with one attached hydrogen (secondary N) is 1. The second kappa shape index (κ2) is 4.33. The second-order valence-electron chi connectivity index (χ2n) is 3.12. The van der Waals surface area contributed by atoms with Crippen LogP contribution in [0.1, 0.15) is 17.5 Å². The molecule has 1 N–H and O–H groups in total. The summed E-state index contributed by atoms with van der Waals surface area (Å²) in [5.41, 5.74) is 6.57. The molecule has 0 bridgehead atoms. The summed E-state index contributed by atoms with van der Waals surface area (Å²) in [6.07, 6.45) is -3.99. The number of hydrogen-bond acceptors (Lipinski definition) is 1. The summed E-state index contributed by atoms with van der Waals surface area (Å²) in [6.45, 7) is 0. The third-order valence-electron chi connectivity index (χ3n) is 1.92. The highest BCUT2D eigenvalue weighted by Crippen LogP contribution is 2.29. The van der Waals surface area contributed by atoms with Gasteiger partial charge < -0.3 is 0 Å². The molecular formula is C10H9F3NO. The van der Waals surface area contributed by atoms with E-state index < -0.39 is 17.6 Å². The standard InChI is InChI=1S/C10H9F3NO/c11-10(12,13)8-4-1-7(2-5-8)3-6-9(14)15/h1-2,4-5,14H,3,6H2. The summed E-state index contributed by atoms with van der Waals surface area (Å²) in [5, 5.41) is 0. The molecule has 15 heavy (non-hydrogen) atoms. The summed E-state index contributed by atoms with van der Waals surface area (Å²) >= 11 is 0. The molecule has 1 rings (SSSR count). The van der Waals surface area contributed by atoms with Crippen LogP contribution >= 0.6 is 0 Å². The summed E-state index contributed by atoms with van der Waals surface area (Å²) in [6, 6.07) is 4.60. The molecule has 5 heteroatoms. The molecule has 0 aliphatic carbocycles.